The van der Waals surface area contributed by atoms with E-state index in [9.17, 15) is 4.79 Å². The standard InChI is InChI=1S/C15H23NO2/c1-15(2,3)9-10-16-14(17)12-18-11-13-7-5-4-6-8-13/h4-8H,9-12H2,1-3H3,(H,16,17). The molecular weight excluding hydrogens is 226 g/mol. The molecule has 0 aliphatic rings. The molecule has 3 nitrogen and oxygen atoms in total. The molecule has 0 aliphatic carbocycles. The Morgan fingerprint density at radius 3 is 2.50 bits per heavy atom. The maximum atomic E-state index is 11.5. The quantitative estimate of drug-likeness (QED) is 0.842. The molecule has 0 spiro atoms. The fourth-order valence-electron chi connectivity index (χ4n) is 1.46. The molecule has 0 fully saturated rings. The van der Waals surface area contributed by atoms with Crippen LogP contribution in [0, 0.1) is 5.41 Å². The predicted molar refractivity (Wildman–Crippen MR) is 73.2 cm³/mol. The molecule has 0 heterocycles. The molecule has 1 N–H and O–H groups in total. The lowest BCUT2D eigenvalue weighted by Crippen LogP contribution is -2.30. The van der Waals surface area contributed by atoms with Crippen molar-refractivity contribution in [2.75, 3.05) is 13.2 Å². The predicted octanol–water partition coefficient (Wildman–Crippen LogP) is 2.76. The number of carbonyl (C=O) groups excluding carboxylic acids is 1. The molecule has 1 aromatic carbocycles. The molecule has 1 amide bonds. The van der Waals surface area contributed by atoms with E-state index in [0.29, 0.717) is 13.2 Å². The van der Waals surface area contributed by atoms with Gasteiger partial charge in [-0.05, 0) is 17.4 Å². The Bertz CT molecular complexity index is 355. The third-order valence-corrected chi connectivity index (χ3v) is 2.54. The van der Waals surface area contributed by atoms with E-state index in [1.165, 1.54) is 0 Å². The molecule has 18 heavy (non-hydrogen) atoms. The first-order valence-corrected chi connectivity index (χ1v) is 6.36. The average Bonchev–Trinajstić information content (AvgIpc) is 2.28. The SMILES string of the molecule is CC(C)(C)CCNC(=O)COCc1ccccc1. The van der Waals surface area contributed by atoms with Gasteiger partial charge in [-0.15, -0.1) is 0 Å². The first kappa shape index (κ1) is 14.7. The van der Waals surface area contributed by atoms with Gasteiger partial charge in [0.1, 0.15) is 6.61 Å². The van der Waals surface area contributed by atoms with Crippen molar-refractivity contribution in [1.82, 2.24) is 5.32 Å². The largest absolute Gasteiger partial charge is 0.367 e. The number of carbonyl (C=O) groups is 1. The molecule has 100 valence electrons. The third-order valence-electron chi connectivity index (χ3n) is 2.54. The number of amides is 1. The summed E-state index contributed by atoms with van der Waals surface area (Å²) in [5.74, 6) is -0.0461. The zero-order chi connectivity index (χ0) is 13.4. The van der Waals surface area contributed by atoms with E-state index in [4.69, 9.17) is 4.74 Å². The van der Waals surface area contributed by atoms with Crippen molar-refractivity contribution < 1.29 is 9.53 Å². The van der Waals surface area contributed by atoms with Gasteiger partial charge in [0.05, 0.1) is 6.61 Å². The summed E-state index contributed by atoms with van der Waals surface area (Å²) in [6.07, 6.45) is 0.970. The zero-order valence-corrected chi connectivity index (χ0v) is 11.5. The van der Waals surface area contributed by atoms with Crippen LogP contribution in [0.3, 0.4) is 0 Å². The molecule has 0 saturated heterocycles. The Labute approximate surface area is 110 Å². The highest BCUT2D eigenvalue weighted by molar-refractivity contribution is 5.77. The number of nitrogens with one attached hydrogen (secondary N) is 1. The molecule has 1 aromatic rings. The summed E-state index contributed by atoms with van der Waals surface area (Å²) in [6, 6.07) is 9.85. The first-order valence-electron chi connectivity index (χ1n) is 6.36. The molecule has 0 radical (unpaired) electrons. The Balaban J connectivity index is 2.11. The lowest BCUT2D eigenvalue weighted by Gasteiger charge is -2.17. The first-order chi connectivity index (χ1) is 8.47. The second kappa shape index (κ2) is 7.17. The van der Waals surface area contributed by atoms with Crippen molar-refractivity contribution in [3.8, 4) is 0 Å². The highest BCUT2D eigenvalue weighted by Crippen LogP contribution is 2.16. The molecule has 0 saturated carbocycles. The number of benzene rings is 1. The van der Waals surface area contributed by atoms with Crippen LogP contribution >= 0.6 is 0 Å². The summed E-state index contributed by atoms with van der Waals surface area (Å²) >= 11 is 0. The van der Waals surface area contributed by atoms with Gasteiger partial charge in [-0.2, -0.15) is 0 Å². The number of ether oxygens (including phenoxy) is 1. The van der Waals surface area contributed by atoms with Crippen LogP contribution in [0.15, 0.2) is 30.3 Å². The van der Waals surface area contributed by atoms with Crippen LogP contribution in [0.5, 0.6) is 0 Å². The molecule has 0 bridgehead atoms. The second-order valence-electron chi connectivity index (χ2n) is 5.64. The van der Waals surface area contributed by atoms with E-state index >= 15 is 0 Å². The maximum absolute atomic E-state index is 11.5. The minimum atomic E-state index is -0.0461. The van der Waals surface area contributed by atoms with E-state index in [-0.39, 0.29) is 17.9 Å². The Kier molecular flexibility index (Phi) is 5.86. The summed E-state index contributed by atoms with van der Waals surface area (Å²) in [4.78, 5) is 11.5. The number of hydrogen-bond acceptors (Lipinski definition) is 2. The monoisotopic (exact) mass is 249 g/mol. The van der Waals surface area contributed by atoms with Gasteiger partial charge in [0, 0.05) is 6.54 Å². The van der Waals surface area contributed by atoms with Crippen molar-refractivity contribution in [2.45, 2.75) is 33.8 Å². The van der Waals surface area contributed by atoms with Gasteiger partial charge >= 0.3 is 0 Å². The van der Waals surface area contributed by atoms with Crippen LogP contribution in [0.2, 0.25) is 0 Å². The summed E-state index contributed by atoms with van der Waals surface area (Å²) in [6.45, 7) is 7.78. The highest BCUT2D eigenvalue weighted by atomic mass is 16.5. The van der Waals surface area contributed by atoms with Gasteiger partial charge in [0.15, 0.2) is 0 Å². The van der Waals surface area contributed by atoms with Crippen molar-refractivity contribution in [3.05, 3.63) is 35.9 Å². The summed E-state index contributed by atoms with van der Waals surface area (Å²) in [5, 5.41) is 2.86. The zero-order valence-electron chi connectivity index (χ0n) is 11.5. The number of rotatable bonds is 6. The lowest BCUT2D eigenvalue weighted by molar-refractivity contribution is -0.126. The van der Waals surface area contributed by atoms with Crippen molar-refractivity contribution in [1.29, 1.82) is 0 Å². The van der Waals surface area contributed by atoms with Gasteiger partial charge in [0.25, 0.3) is 0 Å². The van der Waals surface area contributed by atoms with Gasteiger partial charge in [0.2, 0.25) is 5.91 Å². The fraction of sp³-hybridized carbons (Fsp3) is 0.533. The Hall–Kier alpha value is -1.35. The molecule has 3 heteroatoms. The van der Waals surface area contributed by atoms with Crippen LogP contribution in [0.25, 0.3) is 0 Å². The van der Waals surface area contributed by atoms with Crippen LogP contribution in [0.1, 0.15) is 32.8 Å². The second-order valence-corrected chi connectivity index (χ2v) is 5.64. The van der Waals surface area contributed by atoms with Gasteiger partial charge in [-0.1, -0.05) is 51.1 Å². The Morgan fingerprint density at radius 2 is 1.89 bits per heavy atom. The normalized spacial score (nSPS) is 11.3. The van der Waals surface area contributed by atoms with E-state index in [0.717, 1.165) is 12.0 Å². The van der Waals surface area contributed by atoms with Gasteiger partial charge in [-0.3, -0.25) is 4.79 Å². The molecule has 0 unspecified atom stereocenters. The fourth-order valence-corrected chi connectivity index (χ4v) is 1.46. The van der Waals surface area contributed by atoms with Crippen LogP contribution in [-0.4, -0.2) is 19.1 Å². The minimum absolute atomic E-state index is 0.0461. The minimum Gasteiger partial charge on any atom is -0.367 e. The van der Waals surface area contributed by atoms with Crippen LogP contribution in [-0.2, 0) is 16.1 Å². The molecule has 1 rings (SSSR count). The molecule has 0 atom stereocenters. The highest BCUT2D eigenvalue weighted by Gasteiger charge is 2.10. The molecule has 0 aromatic heterocycles. The topological polar surface area (TPSA) is 38.3 Å². The smallest absolute Gasteiger partial charge is 0.246 e. The van der Waals surface area contributed by atoms with Gasteiger partial charge < -0.3 is 10.1 Å². The third kappa shape index (κ3) is 7.07. The summed E-state index contributed by atoms with van der Waals surface area (Å²) in [7, 11) is 0. The van der Waals surface area contributed by atoms with Crippen molar-refractivity contribution in [3.63, 3.8) is 0 Å². The van der Waals surface area contributed by atoms with Crippen molar-refractivity contribution >= 4 is 5.91 Å². The summed E-state index contributed by atoms with van der Waals surface area (Å²) < 4.78 is 5.35. The number of hydrogen-bond donors (Lipinski definition) is 1. The van der Waals surface area contributed by atoms with E-state index < -0.39 is 0 Å². The van der Waals surface area contributed by atoms with Crippen LogP contribution in [0.4, 0.5) is 0 Å². The van der Waals surface area contributed by atoms with Gasteiger partial charge in [-0.25, -0.2) is 0 Å². The molecular formula is C15H23NO2. The van der Waals surface area contributed by atoms with E-state index in [1.807, 2.05) is 30.3 Å². The Morgan fingerprint density at radius 1 is 1.22 bits per heavy atom. The van der Waals surface area contributed by atoms with Crippen LogP contribution < -0.4 is 5.32 Å². The van der Waals surface area contributed by atoms with Crippen molar-refractivity contribution in [2.24, 2.45) is 5.41 Å². The summed E-state index contributed by atoms with van der Waals surface area (Å²) in [5.41, 5.74) is 1.33. The van der Waals surface area contributed by atoms with E-state index in [2.05, 4.69) is 26.1 Å². The van der Waals surface area contributed by atoms with E-state index in [1.54, 1.807) is 0 Å². The maximum Gasteiger partial charge on any atom is 0.246 e. The molecule has 0 aliphatic heterocycles. The lowest BCUT2D eigenvalue weighted by atomic mass is 9.92. The average molecular weight is 249 g/mol.